The van der Waals surface area contributed by atoms with Crippen molar-refractivity contribution in [3.8, 4) is 5.75 Å². The number of nitrogens with zero attached hydrogens (tertiary/aromatic N) is 3. The first-order valence-corrected chi connectivity index (χ1v) is 8.98. The van der Waals surface area contributed by atoms with Crippen molar-refractivity contribution in [2.24, 2.45) is 0 Å². The van der Waals surface area contributed by atoms with Gasteiger partial charge in [0.25, 0.3) is 5.56 Å². The standard InChI is InChI=1S/C17H18N4O3S/c1-11-10-12(2-3-14(11)24-13-5-8-23-9-6-13)19-16-20-21-15(22)4-7-18-17(21)25-16/h2-4,7,10,13H,5-6,8-9H2,1H3,(H,19,20). The molecule has 3 aromatic rings. The number of hydrogen-bond acceptors (Lipinski definition) is 7. The van der Waals surface area contributed by atoms with Crippen LogP contribution in [0.5, 0.6) is 5.75 Å². The molecule has 1 fully saturated rings. The molecule has 0 aliphatic carbocycles. The van der Waals surface area contributed by atoms with E-state index in [-0.39, 0.29) is 11.7 Å². The Hall–Kier alpha value is -2.45. The van der Waals surface area contributed by atoms with Crippen molar-refractivity contribution in [3.63, 3.8) is 0 Å². The summed E-state index contributed by atoms with van der Waals surface area (Å²) < 4.78 is 12.7. The van der Waals surface area contributed by atoms with E-state index in [0.29, 0.717) is 10.1 Å². The summed E-state index contributed by atoms with van der Waals surface area (Å²) in [5, 5.41) is 8.10. The highest BCUT2D eigenvalue weighted by Crippen LogP contribution is 2.28. The third-order valence-corrected chi connectivity index (χ3v) is 4.90. The van der Waals surface area contributed by atoms with Gasteiger partial charge in [0.15, 0.2) is 0 Å². The van der Waals surface area contributed by atoms with Gasteiger partial charge in [0.05, 0.1) is 13.2 Å². The summed E-state index contributed by atoms with van der Waals surface area (Å²) in [7, 11) is 0. The van der Waals surface area contributed by atoms with E-state index >= 15 is 0 Å². The lowest BCUT2D eigenvalue weighted by atomic mass is 10.1. The molecule has 0 saturated carbocycles. The first-order chi connectivity index (χ1) is 12.2. The van der Waals surface area contributed by atoms with Gasteiger partial charge < -0.3 is 14.8 Å². The predicted molar refractivity (Wildman–Crippen MR) is 96.1 cm³/mol. The lowest BCUT2D eigenvalue weighted by Crippen LogP contribution is -2.26. The number of hydrogen-bond donors (Lipinski definition) is 1. The fourth-order valence-electron chi connectivity index (χ4n) is 2.75. The molecule has 0 spiro atoms. The lowest BCUT2D eigenvalue weighted by molar-refractivity contribution is 0.0253. The molecule has 3 heterocycles. The van der Waals surface area contributed by atoms with Crippen molar-refractivity contribution >= 4 is 27.1 Å². The fraction of sp³-hybridized carbons (Fsp3) is 0.353. The lowest BCUT2D eigenvalue weighted by Gasteiger charge is -2.24. The Kier molecular flexibility index (Phi) is 4.37. The van der Waals surface area contributed by atoms with Crippen molar-refractivity contribution < 1.29 is 9.47 Å². The number of benzene rings is 1. The van der Waals surface area contributed by atoms with Crippen molar-refractivity contribution in [1.29, 1.82) is 0 Å². The highest BCUT2D eigenvalue weighted by molar-refractivity contribution is 7.20. The number of aromatic nitrogens is 3. The van der Waals surface area contributed by atoms with E-state index in [9.17, 15) is 4.79 Å². The van der Waals surface area contributed by atoms with Gasteiger partial charge in [-0.25, -0.2) is 4.98 Å². The minimum absolute atomic E-state index is 0.189. The van der Waals surface area contributed by atoms with Crippen LogP contribution in [-0.2, 0) is 4.74 Å². The molecule has 0 amide bonds. The van der Waals surface area contributed by atoms with Gasteiger partial charge in [-0.15, -0.1) is 5.10 Å². The number of rotatable bonds is 4. The van der Waals surface area contributed by atoms with Gasteiger partial charge in [0, 0.05) is 30.8 Å². The van der Waals surface area contributed by atoms with Gasteiger partial charge in [-0.2, -0.15) is 4.52 Å². The SMILES string of the molecule is Cc1cc(Nc2nn3c(=O)ccnc3s2)ccc1OC1CCOCC1. The predicted octanol–water partition coefficient (Wildman–Crippen LogP) is 2.76. The summed E-state index contributed by atoms with van der Waals surface area (Å²) in [6, 6.07) is 7.31. The van der Waals surface area contributed by atoms with Crippen LogP contribution < -0.4 is 15.6 Å². The minimum atomic E-state index is -0.189. The number of nitrogens with one attached hydrogen (secondary N) is 1. The Bertz CT molecular complexity index is 946. The Labute approximate surface area is 148 Å². The van der Waals surface area contributed by atoms with Crippen LogP contribution in [0.3, 0.4) is 0 Å². The maximum Gasteiger partial charge on any atom is 0.275 e. The van der Waals surface area contributed by atoms with Crippen LogP contribution in [0.25, 0.3) is 4.96 Å². The largest absolute Gasteiger partial charge is 0.490 e. The van der Waals surface area contributed by atoms with Crippen LogP contribution in [-0.4, -0.2) is 33.9 Å². The second-order valence-corrected chi connectivity index (χ2v) is 6.88. The van der Waals surface area contributed by atoms with E-state index in [0.717, 1.165) is 43.1 Å². The first kappa shape index (κ1) is 16.0. The van der Waals surface area contributed by atoms with Gasteiger partial charge in [-0.1, -0.05) is 11.3 Å². The quantitative estimate of drug-likeness (QED) is 0.773. The molecule has 0 radical (unpaired) electrons. The van der Waals surface area contributed by atoms with Gasteiger partial charge in [-0.05, 0) is 30.7 Å². The second kappa shape index (κ2) is 6.81. The molecular weight excluding hydrogens is 340 g/mol. The molecule has 1 aromatic carbocycles. The zero-order chi connectivity index (χ0) is 17.2. The van der Waals surface area contributed by atoms with E-state index in [4.69, 9.17) is 9.47 Å². The maximum atomic E-state index is 11.7. The van der Waals surface area contributed by atoms with Crippen molar-refractivity contribution in [1.82, 2.24) is 14.6 Å². The molecule has 8 heteroatoms. The number of aryl methyl sites for hydroxylation is 1. The Morgan fingerprint density at radius 1 is 1.32 bits per heavy atom. The molecule has 1 aliphatic rings. The molecule has 0 atom stereocenters. The Balaban J connectivity index is 1.51. The highest BCUT2D eigenvalue weighted by Gasteiger charge is 2.16. The second-order valence-electron chi connectivity index (χ2n) is 5.92. The molecule has 1 saturated heterocycles. The van der Waals surface area contributed by atoms with E-state index in [1.807, 2.05) is 25.1 Å². The van der Waals surface area contributed by atoms with E-state index in [1.54, 1.807) is 0 Å². The van der Waals surface area contributed by atoms with Crippen LogP contribution >= 0.6 is 11.3 Å². The summed E-state index contributed by atoms with van der Waals surface area (Å²) in [5.74, 6) is 0.889. The van der Waals surface area contributed by atoms with Gasteiger partial charge in [-0.3, -0.25) is 4.79 Å². The molecule has 0 unspecified atom stereocenters. The third-order valence-electron chi connectivity index (χ3n) is 4.06. The summed E-state index contributed by atoms with van der Waals surface area (Å²) >= 11 is 1.33. The Morgan fingerprint density at radius 3 is 2.92 bits per heavy atom. The average Bonchev–Trinajstić information content (AvgIpc) is 3.02. The van der Waals surface area contributed by atoms with Gasteiger partial charge in [0.1, 0.15) is 11.9 Å². The van der Waals surface area contributed by atoms with Crippen LogP contribution in [0.1, 0.15) is 18.4 Å². The zero-order valence-electron chi connectivity index (χ0n) is 13.8. The monoisotopic (exact) mass is 358 g/mol. The van der Waals surface area contributed by atoms with E-state index in [2.05, 4.69) is 15.4 Å². The summed E-state index contributed by atoms with van der Waals surface area (Å²) in [6.07, 6.45) is 3.56. The molecule has 130 valence electrons. The molecule has 2 aromatic heterocycles. The van der Waals surface area contributed by atoms with Crippen LogP contribution in [0.4, 0.5) is 10.8 Å². The molecule has 4 rings (SSSR count). The number of anilines is 2. The molecule has 7 nitrogen and oxygen atoms in total. The first-order valence-electron chi connectivity index (χ1n) is 8.16. The Morgan fingerprint density at radius 2 is 2.16 bits per heavy atom. The van der Waals surface area contributed by atoms with Crippen molar-refractivity contribution in [3.05, 3.63) is 46.4 Å². The molecule has 1 N–H and O–H groups in total. The minimum Gasteiger partial charge on any atom is -0.490 e. The third kappa shape index (κ3) is 3.49. The van der Waals surface area contributed by atoms with Crippen LogP contribution in [0.2, 0.25) is 0 Å². The van der Waals surface area contributed by atoms with Crippen molar-refractivity contribution in [2.75, 3.05) is 18.5 Å². The van der Waals surface area contributed by atoms with Crippen LogP contribution in [0, 0.1) is 6.92 Å². The van der Waals surface area contributed by atoms with Crippen molar-refractivity contribution in [2.45, 2.75) is 25.9 Å². The highest BCUT2D eigenvalue weighted by atomic mass is 32.1. The van der Waals surface area contributed by atoms with Crippen LogP contribution in [0.15, 0.2) is 35.3 Å². The number of fused-ring (bicyclic) bond motifs is 1. The van der Waals surface area contributed by atoms with E-state index < -0.39 is 0 Å². The molecular formula is C17H18N4O3S. The summed E-state index contributed by atoms with van der Waals surface area (Å²) in [5.41, 5.74) is 1.75. The average molecular weight is 358 g/mol. The smallest absolute Gasteiger partial charge is 0.275 e. The molecule has 0 bridgehead atoms. The molecule has 1 aliphatic heterocycles. The normalized spacial score (nSPS) is 15.4. The molecule has 25 heavy (non-hydrogen) atoms. The van der Waals surface area contributed by atoms with Gasteiger partial charge in [0.2, 0.25) is 10.1 Å². The topological polar surface area (TPSA) is 77.8 Å². The maximum absolute atomic E-state index is 11.7. The summed E-state index contributed by atoms with van der Waals surface area (Å²) in [6.45, 7) is 3.53. The summed E-state index contributed by atoms with van der Waals surface area (Å²) in [4.78, 5) is 16.5. The fourth-order valence-corrected chi connectivity index (χ4v) is 3.55. The van der Waals surface area contributed by atoms with E-state index in [1.165, 1.54) is 28.1 Å². The number of ether oxygens (including phenoxy) is 2. The zero-order valence-corrected chi connectivity index (χ0v) is 14.6. The van der Waals surface area contributed by atoms with Gasteiger partial charge >= 0.3 is 0 Å².